The molecule has 0 radical (unpaired) electrons. The van der Waals surface area contributed by atoms with E-state index < -0.39 is 0 Å². The van der Waals surface area contributed by atoms with Gasteiger partial charge in [0.1, 0.15) is 0 Å². The summed E-state index contributed by atoms with van der Waals surface area (Å²) in [6.45, 7) is 11.0. The molecule has 1 aliphatic heterocycles. The maximum atomic E-state index is 2.79. The van der Waals surface area contributed by atoms with Crippen LogP contribution in [0.25, 0.3) is 0 Å². The van der Waals surface area contributed by atoms with Crippen molar-refractivity contribution in [2.45, 2.75) is 59.0 Å². The lowest BCUT2D eigenvalue weighted by molar-refractivity contribution is 0.156. The Bertz CT molecular complexity index is 179. The average molecular weight is 195 g/mol. The largest absolute Gasteiger partial charge is 0.297 e. The van der Waals surface area contributed by atoms with Gasteiger partial charge < -0.3 is 0 Å². The van der Waals surface area contributed by atoms with Crippen molar-refractivity contribution in [3.63, 3.8) is 0 Å². The number of rotatable bonds is 1. The molecule has 0 aromatic rings. The molecule has 1 heterocycles. The summed E-state index contributed by atoms with van der Waals surface area (Å²) in [5.41, 5.74) is 0. The van der Waals surface area contributed by atoms with Crippen LogP contribution in [0.15, 0.2) is 0 Å². The van der Waals surface area contributed by atoms with Gasteiger partial charge in [-0.15, -0.1) is 0 Å². The second-order valence-electron chi connectivity index (χ2n) is 6.01. The monoisotopic (exact) mass is 195 g/mol. The Hall–Kier alpha value is -0.0400. The van der Waals surface area contributed by atoms with Gasteiger partial charge in [0.15, 0.2) is 0 Å². The van der Waals surface area contributed by atoms with Crippen molar-refractivity contribution < 1.29 is 0 Å². The number of hydrogen-bond acceptors (Lipinski definition) is 1. The average Bonchev–Trinajstić information content (AvgIpc) is 2.55. The Morgan fingerprint density at radius 3 is 2.00 bits per heavy atom. The molecule has 1 saturated carbocycles. The van der Waals surface area contributed by atoms with Crippen LogP contribution in [-0.4, -0.2) is 23.5 Å². The van der Waals surface area contributed by atoms with E-state index in [1.165, 1.54) is 25.8 Å². The number of hydrogen-bond donors (Lipinski definition) is 0. The first-order chi connectivity index (χ1) is 6.58. The van der Waals surface area contributed by atoms with Gasteiger partial charge in [0.25, 0.3) is 0 Å². The lowest BCUT2D eigenvalue weighted by Gasteiger charge is -2.31. The topological polar surface area (TPSA) is 3.24 Å². The van der Waals surface area contributed by atoms with E-state index in [4.69, 9.17) is 0 Å². The van der Waals surface area contributed by atoms with Gasteiger partial charge in [-0.2, -0.15) is 0 Å². The summed E-state index contributed by atoms with van der Waals surface area (Å²) in [5.74, 6) is 2.81. The normalized spacial score (nSPS) is 50.1. The quantitative estimate of drug-likeness (QED) is 0.621. The molecule has 5 atom stereocenters. The van der Waals surface area contributed by atoms with Crippen molar-refractivity contribution in [2.75, 3.05) is 6.54 Å². The molecule has 5 unspecified atom stereocenters. The SMILES string of the molecule is CC1CC(C)C(N2CC(C)CC2C)C1. The molecule has 2 aliphatic rings. The highest BCUT2D eigenvalue weighted by Gasteiger charge is 2.38. The third-order valence-corrected chi connectivity index (χ3v) is 4.33. The molecule has 0 spiro atoms. The Morgan fingerprint density at radius 1 is 0.857 bits per heavy atom. The highest BCUT2D eigenvalue weighted by Crippen LogP contribution is 2.38. The molecule has 1 aliphatic carbocycles. The smallest absolute Gasteiger partial charge is 0.0126 e. The summed E-state index contributed by atoms with van der Waals surface area (Å²) in [6, 6.07) is 1.73. The summed E-state index contributed by atoms with van der Waals surface area (Å²) in [4.78, 5) is 2.79. The molecule has 14 heavy (non-hydrogen) atoms. The minimum absolute atomic E-state index is 0.836. The zero-order chi connectivity index (χ0) is 10.3. The van der Waals surface area contributed by atoms with Gasteiger partial charge in [-0.1, -0.05) is 20.8 Å². The predicted octanol–water partition coefficient (Wildman–Crippen LogP) is 3.15. The highest BCUT2D eigenvalue weighted by atomic mass is 15.2. The summed E-state index contributed by atoms with van der Waals surface area (Å²) < 4.78 is 0. The molecular formula is C13H25N. The molecule has 82 valence electrons. The number of likely N-dealkylation sites (tertiary alicyclic amines) is 1. The van der Waals surface area contributed by atoms with Crippen LogP contribution in [0.5, 0.6) is 0 Å². The van der Waals surface area contributed by atoms with E-state index in [1.54, 1.807) is 0 Å². The first kappa shape index (κ1) is 10.5. The van der Waals surface area contributed by atoms with Crippen molar-refractivity contribution in [1.29, 1.82) is 0 Å². The zero-order valence-electron chi connectivity index (χ0n) is 10.2. The third-order valence-electron chi connectivity index (χ3n) is 4.33. The van der Waals surface area contributed by atoms with Gasteiger partial charge in [-0.3, -0.25) is 4.90 Å². The first-order valence-electron chi connectivity index (χ1n) is 6.33. The lowest BCUT2D eigenvalue weighted by Crippen LogP contribution is -2.39. The Morgan fingerprint density at radius 2 is 1.57 bits per heavy atom. The van der Waals surface area contributed by atoms with Crippen molar-refractivity contribution in [2.24, 2.45) is 17.8 Å². The van der Waals surface area contributed by atoms with Gasteiger partial charge in [-0.25, -0.2) is 0 Å². The van der Waals surface area contributed by atoms with E-state index in [0.717, 1.165) is 29.8 Å². The van der Waals surface area contributed by atoms with Crippen LogP contribution >= 0.6 is 0 Å². The van der Waals surface area contributed by atoms with Crippen LogP contribution < -0.4 is 0 Å². The minimum atomic E-state index is 0.836. The molecule has 0 amide bonds. The molecule has 1 saturated heterocycles. The first-order valence-corrected chi connectivity index (χ1v) is 6.33. The summed E-state index contributed by atoms with van der Waals surface area (Å²) >= 11 is 0. The zero-order valence-corrected chi connectivity index (χ0v) is 10.2. The summed E-state index contributed by atoms with van der Waals surface area (Å²) in [5, 5.41) is 0. The van der Waals surface area contributed by atoms with Crippen LogP contribution in [0.1, 0.15) is 47.0 Å². The minimum Gasteiger partial charge on any atom is -0.297 e. The third kappa shape index (κ3) is 1.84. The molecule has 0 bridgehead atoms. The van der Waals surface area contributed by atoms with E-state index in [-0.39, 0.29) is 0 Å². The second kappa shape index (κ2) is 3.84. The number of nitrogens with zero attached hydrogens (tertiary/aromatic N) is 1. The van der Waals surface area contributed by atoms with Crippen molar-refractivity contribution in [3.8, 4) is 0 Å². The molecule has 0 aromatic carbocycles. The van der Waals surface area contributed by atoms with Crippen molar-refractivity contribution in [3.05, 3.63) is 0 Å². The highest BCUT2D eigenvalue weighted by molar-refractivity contribution is 4.92. The van der Waals surface area contributed by atoms with E-state index in [2.05, 4.69) is 32.6 Å². The molecule has 2 fully saturated rings. The van der Waals surface area contributed by atoms with Crippen LogP contribution in [0.3, 0.4) is 0 Å². The molecule has 1 nitrogen and oxygen atoms in total. The molecule has 0 aromatic heterocycles. The van der Waals surface area contributed by atoms with Gasteiger partial charge in [0.05, 0.1) is 0 Å². The van der Waals surface area contributed by atoms with Crippen LogP contribution in [0.4, 0.5) is 0 Å². The van der Waals surface area contributed by atoms with E-state index in [0.29, 0.717) is 0 Å². The van der Waals surface area contributed by atoms with E-state index in [9.17, 15) is 0 Å². The van der Waals surface area contributed by atoms with E-state index >= 15 is 0 Å². The van der Waals surface area contributed by atoms with E-state index in [1.807, 2.05) is 0 Å². The standard InChI is InChI=1S/C13H25N/c1-9-5-11(3)13(7-9)14-8-10(2)6-12(14)4/h9-13H,5-8H2,1-4H3. The maximum absolute atomic E-state index is 2.79. The Balaban J connectivity index is 2.01. The predicted molar refractivity (Wildman–Crippen MR) is 61.3 cm³/mol. The van der Waals surface area contributed by atoms with Gasteiger partial charge in [0.2, 0.25) is 0 Å². The fourth-order valence-corrected chi connectivity index (χ4v) is 3.79. The Labute approximate surface area is 88.9 Å². The summed E-state index contributed by atoms with van der Waals surface area (Å²) in [6.07, 6.45) is 4.30. The van der Waals surface area contributed by atoms with Crippen molar-refractivity contribution >= 4 is 0 Å². The van der Waals surface area contributed by atoms with Crippen LogP contribution in [0.2, 0.25) is 0 Å². The fourth-order valence-electron chi connectivity index (χ4n) is 3.79. The Kier molecular flexibility index (Phi) is 2.88. The summed E-state index contributed by atoms with van der Waals surface area (Å²) in [7, 11) is 0. The van der Waals surface area contributed by atoms with Gasteiger partial charge in [-0.05, 0) is 43.9 Å². The molecule has 1 heteroatoms. The second-order valence-corrected chi connectivity index (χ2v) is 6.01. The molecule has 0 N–H and O–H groups in total. The lowest BCUT2D eigenvalue weighted by atomic mass is 10.0. The maximum Gasteiger partial charge on any atom is 0.0126 e. The fraction of sp³-hybridized carbons (Fsp3) is 1.00. The van der Waals surface area contributed by atoms with Gasteiger partial charge in [0, 0.05) is 18.6 Å². The van der Waals surface area contributed by atoms with Crippen LogP contribution in [0, 0.1) is 17.8 Å². The van der Waals surface area contributed by atoms with Gasteiger partial charge >= 0.3 is 0 Å². The molecular weight excluding hydrogens is 170 g/mol. The van der Waals surface area contributed by atoms with Crippen molar-refractivity contribution in [1.82, 2.24) is 4.90 Å². The molecule has 2 rings (SSSR count). The van der Waals surface area contributed by atoms with Crippen LogP contribution in [-0.2, 0) is 0 Å².